The number of rotatable bonds is 14. The molecule has 196 valence electrons. The molecule has 1 heterocycles. The van der Waals surface area contributed by atoms with Gasteiger partial charge in [-0.3, -0.25) is 19.2 Å². The van der Waals surface area contributed by atoms with E-state index in [-0.39, 0.29) is 6.42 Å². The van der Waals surface area contributed by atoms with Crippen LogP contribution < -0.4 is 21.7 Å². The van der Waals surface area contributed by atoms with Gasteiger partial charge in [0.05, 0.1) is 19.3 Å². The van der Waals surface area contributed by atoms with Crippen LogP contribution in [-0.4, -0.2) is 92.5 Å². The molecular formula is C22H29N5O9. The van der Waals surface area contributed by atoms with E-state index in [4.69, 9.17) is 15.9 Å². The summed E-state index contributed by atoms with van der Waals surface area (Å²) in [6, 6.07) is 1.59. The predicted octanol–water partition coefficient (Wildman–Crippen LogP) is -2.57. The van der Waals surface area contributed by atoms with Crippen LogP contribution in [0.4, 0.5) is 0 Å². The molecule has 2 rings (SSSR count). The Morgan fingerprint density at radius 1 is 0.861 bits per heavy atom. The Hall–Kier alpha value is -4.01. The van der Waals surface area contributed by atoms with Crippen molar-refractivity contribution in [3.8, 4) is 0 Å². The van der Waals surface area contributed by atoms with Gasteiger partial charge in [-0.05, 0) is 24.5 Å². The second-order valence-electron chi connectivity index (χ2n) is 7.99. The molecule has 1 aromatic heterocycles. The number of H-pyrrole nitrogens is 1. The zero-order valence-electron chi connectivity index (χ0n) is 19.1. The molecule has 10 N–H and O–H groups in total. The molecule has 4 atom stereocenters. The Balaban J connectivity index is 1.96. The molecule has 0 spiro atoms. The van der Waals surface area contributed by atoms with Crippen molar-refractivity contribution in [2.75, 3.05) is 13.2 Å². The molecule has 2 aromatic rings. The third kappa shape index (κ3) is 7.76. The minimum Gasteiger partial charge on any atom is -0.481 e. The first-order chi connectivity index (χ1) is 17.1. The van der Waals surface area contributed by atoms with Crippen molar-refractivity contribution in [2.24, 2.45) is 5.73 Å². The molecule has 0 saturated carbocycles. The lowest BCUT2D eigenvalue weighted by atomic mass is 10.0. The number of benzene rings is 1. The van der Waals surface area contributed by atoms with Crippen LogP contribution in [0.3, 0.4) is 0 Å². The van der Waals surface area contributed by atoms with Crippen LogP contribution in [0.2, 0.25) is 0 Å². The standard InChI is InChI=1S/C22H29N5O9/c23-13(7-11-8-24-14-4-2-1-3-12(11)14)19(32)26-16(9-28)21(34)27-17(10-29)20(33)25-15(22(35)36)5-6-18(30)31/h1-4,8,13,15-17,24,28-29H,5-7,9-10,23H2,(H,25,33)(H,26,32)(H,27,34)(H,30,31)(H,35,36). The lowest BCUT2D eigenvalue weighted by molar-refractivity contribution is -0.143. The molecule has 0 aliphatic heterocycles. The number of nitrogens with two attached hydrogens (primary N) is 1. The average Bonchev–Trinajstić information content (AvgIpc) is 3.25. The number of carbonyl (C=O) groups is 5. The minimum absolute atomic E-state index is 0.129. The molecule has 4 unspecified atom stereocenters. The number of aliphatic hydroxyl groups excluding tert-OH is 2. The third-order valence-electron chi connectivity index (χ3n) is 5.34. The quantitative estimate of drug-likeness (QED) is 0.129. The summed E-state index contributed by atoms with van der Waals surface area (Å²) in [6.45, 7) is -1.79. The molecule has 14 heteroatoms. The van der Waals surface area contributed by atoms with Gasteiger partial charge in [0.25, 0.3) is 0 Å². The van der Waals surface area contributed by atoms with E-state index in [2.05, 4.69) is 15.6 Å². The highest BCUT2D eigenvalue weighted by atomic mass is 16.4. The van der Waals surface area contributed by atoms with E-state index in [0.717, 1.165) is 16.5 Å². The summed E-state index contributed by atoms with van der Waals surface area (Å²) in [4.78, 5) is 62.4. The summed E-state index contributed by atoms with van der Waals surface area (Å²) in [7, 11) is 0. The molecule has 3 amide bonds. The van der Waals surface area contributed by atoms with Gasteiger partial charge in [-0.25, -0.2) is 4.79 Å². The Morgan fingerprint density at radius 3 is 1.97 bits per heavy atom. The van der Waals surface area contributed by atoms with Gasteiger partial charge in [0.2, 0.25) is 17.7 Å². The third-order valence-corrected chi connectivity index (χ3v) is 5.34. The van der Waals surface area contributed by atoms with E-state index >= 15 is 0 Å². The maximum Gasteiger partial charge on any atom is 0.326 e. The summed E-state index contributed by atoms with van der Waals surface area (Å²) in [6.07, 6.45) is 0.876. The van der Waals surface area contributed by atoms with Gasteiger partial charge in [-0.2, -0.15) is 0 Å². The molecule has 0 aliphatic rings. The number of aliphatic carboxylic acids is 2. The highest BCUT2D eigenvalue weighted by Crippen LogP contribution is 2.18. The number of amides is 3. The zero-order chi connectivity index (χ0) is 26.8. The van der Waals surface area contributed by atoms with Crippen LogP contribution in [0.25, 0.3) is 10.9 Å². The molecule has 0 fully saturated rings. The summed E-state index contributed by atoms with van der Waals surface area (Å²) in [5.41, 5.74) is 7.60. The van der Waals surface area contributed by atoms with Crippen molar-refractivity contribution >= 4 is 40.6 Å². The number of carbonyl (C=O) groups excluding carboxylic acids is 3. The van der Waals surface area contributed by atoms with E-state index < -0.39 is 79.9 Å². The second-order valence-corrected chi connectivity index (χ2v) is 7.99. The van der Waals surface area contributed by atoms with Crippen molar-refractivity contribution in [1.82, 2.24) is 20.9 Å². The smallest absolute Gasteiger partial charge is 0.326 e. The maximum absolute atomic E-state index is 12.5. The molecule has 36 heavy (non-hydrogen) atoms. The largest absolute Gasteiger partial charge is 0.481 e. The van der Waals surface area contributed by atoms with Crippen molar-refractivity contribution < 1.29 is 44.4 Å². The van der Waals surface area contributed by atoms with E-state index in [1.807, 2.05) is 29.6 Å². The Kier molecular flexibility index (Phi) is 10.3. The Bertz CT molecular complexity index is 1100. The number of aromatic amines is 1. The fourth-order valence-corrected chi connectivity index (χ4v) is 3.37. The molecular weight excluding hydrogens is 478 g/mol. The van der Waals surface area contributed by atoms with Crippen molar-refractivity contribution in [3.05, 3.63) is 36.0 Å². The Labute approximate surface area is 204 Å². The first-order valence-electron chi connectivity index (χ1n) is 10.9. The number of carboxylic acids is 2. The van der Waals surface area contributed by atoms with E-state index in [1.165, 1.54) is 0 Å². The van der Waals surface area contributed by atoms with Crippen LogP contribution in [0, 0.1) is 0 Å². The number of carboxylic acid groups (broad SMARTS) is 2. The number of hydrogen-bond acceptors (Lipinski definition) is 8. The molecule has 0 saturated heterocycles. The van der Waals surface area contributed by atoms with Crippen molar-refractivity contribution in [2.45, 2.75) is 43.4 Å². The molecule has 0 radical (unpaired) electrons. The summed E-state index contributed by atoms with van der Waals surface area (Å²) in [5.74, 6) is -5.65. The molecule has 0 aliphatic carbocycles. The first kappa shape index (κ1) is 28.2. The number of aromatic nitrogens is 1. The van der Waals surface area contributed by atoms with Gasteiger partial charge in [-0.15, -0.1) is 0 Å². The SMILES string of the molecule is NC(Cc1c[nH]c2ccccc12)C(=O)NC(CO)C(=O)NC(CO)C(=O)NC(CCC(=O)O)C(=O)O. The van der Waals surface area contributed by atoms with Gasteiger partial charge in [-0.1, -0.05) is 18.2 Å². The number of hydrogen-bond donors (Lipinski definition) is 9. The summed E-state index contributed by atoms with van der Waals surface area (Å²) >= 11 is 0. The molecule has 0 bridgehead atoms. The summed E-state index contributed by atoms with van der Waals surface area (Å²) in [5, 5.41) is 44.2. The summed E-state index contributed by atoms with van der Waals surface area (Å²) < 4.78 is 0. The minimum atomic E-state index is -1.63. The second kappa shape index (κ2) is 13.2. The maximum atomic E-state index is 12.5. The number of nitrogens with one attached hydrogen (secondary N) is 4. The first-order valence-corrected chi connectivity index (χ1v) is 10.9. The topological polar surface area (TPSA) is 244 Å². The highest BCUT2D eigenvalue weighted by Gasteiger charge is 2.30. The lowest BCUT2D eigenvalue weighted by Crippen LogP contribution is -2.59. The lowest BCUT2D eigenvalue weighted by Gasteiger charge is -2.23. The van der Waals surface area contributed by atoms with Gasteiger partial charge >= 0.3 is 11.9 Å². The van der Waals surface area contributed by atoms with E-state index in [1.54, 1.807) is 6.20 Å². The Morgan fingerprint density at radius 2 is 1.42 bits per heavy atom. The number of aliphatic hydroxyl groups is 2. The average molecular weight is 508 g/mol. The van der Waals surface area contributed by atoms with Gasteiger partial charge in [0.1, 0.15) is 18.1 Å². The normalized spacial score (nSPS) is 14.3. The fraction of sp³-hybridized carbons (Fsp3) is 0.409. The van der Waals surface area contributed by atoms with Crippen LogP contribution >= 0.6 is 0 Å². The monoisotopic (exact) mass is 507 g/mol. The number of para-hydroxylation sites is 1. The van der Waals surface area contributed by atoms with Crippen LogP contribution in [0.5, 0.6) is 0 Å². The molecule has 1 aromatic carbocycles. The highest BCUT2D eigenvalue weighted by molar-refractivity contribution is 5.94. The van der Waals surface area contributed by atoms with Crippen molar-refractivity contribution in [1.29, 1.82) is 0 Å². The fourth-order valence-electron chi connectivity index (χ4n) is 3.37. The van der Waals surface area contributed by atoms with E-state index in [9.17, 15) is 34.2 Å². The van der Waals surface area contributed by atoms with Crippen LogP contribution in [0.15, 0.2) is 30.5 Å². The zero-order valence-corrected chi connectivity index (χ0v) is 19.1. The van der Waals surface area contributed by atoms with Gasteiger partial charge in [0.15, 0.2) is 0 Å². The molecule has 14 nitrogen and oxygen atoms in total. The van der Waals surface area contributed by atoms with Crippen molar-refractivity contribution in [3.63, 3.8) is 0 Å². The predicted molar refractivity (Wildman–Crippen MR) is 124 cm³/mol. The van der Waals surface area contributed by atoms with Gasteiger partial charge < -0.3 is 47.1 Å². The van der Waals surface area contributed by atoms with Gasteiger partial charge in [0, 0.05) is 23.5 Å². The van der Waals surface area contributed by atoms with Crippen LogP contribution in [0.1, 0.15) is 18.4 Å². The van der Waals surface area contributed by atoms with Crippen LogP contribution in [-0.2, 0) is 30.4 Å². The van der Waals surface area contributed by atoms with E-state index in [0.29, 0.717) is 0 Å². The number of fused-ring (bicyclic) bond motifs is 1.